The minimum atomic E-state index is 0.0370. The zero-order valence-electron chi connectivity index (χ0n) is 10.2. The summed E-state index contributed by atoms with van der Waals surface area (Å²) in [6.07, 6.45) is 1.82. The lowest BCUT2D eigenvalue weighted by Crippen LogP contribution is -2.29. The highest BCUT2D eigenvalue weighted by atomic mass is 79.9. The first-order valence-corrected chi connectivity index (χ1v) is 7.73. The molecule has 0 aliphatic rings. The minimum Gasteiger partial charge on any atom is -0.302 e. The zero-order chi connectivity index (χ0) is 13.1. The van der Waals surface area contributed by atoms with E-state index in [1.807, 2.05) is 29.8 Å². The molecule has 18 heavy (non-hydrogen) atoms. The smallest absolute Gasteiger partial charge is 0.114 e. The average Bonchev–Trinajstić information content (AvgIpc) is 2.82. The van der Waals surface area contributed by atoms with Crippen molar-refractivity contribution in [3.05, 3.63) is 49.8 Å². The molecule has 0 bridgehead atoms. The monoisotopic (exact) mass is 344 g/mol. The Hall–Kier alpha value is -0.420. The molecule has 0 saturated carbocycles. The van der Waals surface area contributed by atoms with Crippen molar-refractivity contribution in [3.8, 4) is 0 Å². The molecule has 1 heterocycles. The second-order valence-electron chi connectivity index (χ2n) is 4.29. The molecule has 1 aromatic carbocycles. The van der Waals surface area contributed by atoms with Crippen LogP contribution in [0.25, 0.3) is 0 Å². The van der Waals surface area contributed by atoms with E-state index in [-0.39, 0.29) is 6.04 Å². The molecule has 0 spiro atoms. The SMILES string of the molecule is CC(C)NC(c1nccs1)c1cc(Br)ccc1Cl. The summed E-state index contributed by atoms with van der Waals surface area (Å²) in [6.45, 7) is 4.24. The third kappa shape index (κ3) is 3.32. The Morgan fingerprint density at radius 1 is 1.39 bits per heavy atom. The van der Waals surface area contributed by atoms with Crippen molar-refractivity contribution in [1.82, 2.24) is 10.3 Å². The summed E-state index contributed by atoms with van der Waals surface area (Å²) < 4.78 is 1.02. The van der Waals surface area contributed by atoms with Gasteiger partial charge >= 0.3 is 0 Å². The predicted molar refractivity (Wildman–Crippen MR) is 81.4 cm³/mol. The fourth-order valence-electron chi connectivity index (χ4n) is 1.74. The van der Waals surface area contributed by atoms with Crippen LogP contribution in [0.5, 0.6) is 0 Å². The number of nitrogens with one attached hydrogen (secondary N) is 1. The lowest BCUT2D eigenvalue weighted by Gasteiger charge is -2.21. The van der Waals surface area contributed by atoms with E-state index >= 15 is 0 Å². The van der Waals surface area contributed by atoms with Crippen LogP contribution >= 0.6 is 38.9 Å². The van der Waals surface area contributed by atoms with Gasteiger partial charge in [0.25, 0.3) is 0 Å². The second-order valence-corrected chi connectivity index (χ2v) is 6.54. The van der Waals surface area contributed by atoms with Gasteiger partial charge in [-0.1, -0.05) is 27.5 Å². The number of halogens is 2. The van der Waals surface area contributed by atoms with Crippen LogP contribution < -0.4 is 5.32 Å². The van der Waals surface area contributed by atoms with Crippen LogP contribution in [0.1, 0.15) is 30.5 Å². The molecule has 5 heteroatoms. The summed E-state index contributed by atoms with van der Waals surface area (Å²) in [5, 5.41) is 7.28. The highest BCUT2D eigenvalue weighted by Crippen LogP contribution is 2.32. The third-order valence-electron chi connectivity index (χ3n) is 2.47. The van der Waals surface area contributed by atoms with Crippen molar-refractivity contribution in [2.24, 2.45) is 0 Å². The molecule has 2 nitrogen and oxygen atoms in total. The van der Waals surface area contributed by atoms with Crippen LogP contribution in [0.15, 0.2) is 34.2 Å². The van der Waals surface area contributed by atoms with Crippen molar-refractivity contribution < 1.29 is 0 Å². The van der Waals surface area contributed by atoms with Gasteiger partial charge in [0.05, 0.1) is 6.04 Å². The first kappa shape index (κ1) is 14.0. The Morgan fingerprint density at radius 2 is 2.17 bits per heavy atom. The van der Waals surface area contributed by atoms with Crippen LogP contribution in [0.4, 0.5) is 0 Å². The molecule has 2 aromatic rings. The van der Waals surface area contributed by atoms with E-state index in [0.29, 0.717) is 6.04 Å². The van der Waals surface area contributed by atoms with Gasteiger partial charge in [-0.15, -0.1) is 11.3 Å². The quantitative estimate of drug-likeness (QED) is 0.872. The zero-order valence-corrected chi connectivity index (χ0v) is 13.3. The average molecular weight is 346 g/mol. The van der Waals surface area contributed by atoms with Crippen molar-refractivity contribution >= 4 is 38.9 Å². The molecule has 0 fully saturated rings. The van der Waals surface area contributed by atoms with Gasteiger partial charge in [-0.25, -0.2) is 4.98 Å². The van der Waals surface area contributed by atoms with E-state index in [9.17, 15) is 0 Å². The number of hydrogen-bond donors (Lipinski definition) is 1. The molecule has 0 radical (unpaired) electrons. The molecular formula is C13H14BrClN2S. The van der Waals surface area contributed by atoms with Crippen molar-refractivity contribution in [2.45, 2.75) is 25.9 Å². The molecule has 0 aliphatic heterocycles. The summed E-state index contributed by atoms with van der Waals surface area (Å²) >= 11 is 11.4. The molecule has 1 atom stereocenters. The van der Waals surface area contributed by atoms with Gasteiger partial charge in [0.15, 0.2) is 0 Å². The van der Waals surface area contributed by atoms with Gasteiger partial charge in [0, 0.05) is 27.1 Å². The van der Waals surface area contributed by atoms with E-state index < -0.39 is 0 Å². The Labute approximate surface area is 125 Å². The standard InChI is InChI=1S/C13H14BrClN2S/c1-8(2)17-12(13-16-5-6-18-13)10-7-9(14)3-4-11(10)15/h3-8,12,17H,1-2H3. The second kappa shape index (κ2) is 6.15. The fraction of sp³-hybridized carbons (Fsp3) is 0.308. The minimum absolute atomic E-state index is 0.0370. The third-order valence-corrected chi connectivity index (χ3v) is 4.15. The lowest BCUT2D eigenvalue weighted by atomic mass is 10.1. The molecule has 2 rings (SSSR count). The Morgan fingerprint density at radius 3 is 2.78 bits per heavy atom. The number of nitrogens with zero attached hydrogens (tertiary/aromatic N) is 1. The van der Waals surface area contributed by atoms with E-state index in [1.54, 1.807) is 11.3 Å². The summed E-state index contributed by atoms with van der Waals surface area (Å²) in [5.74, 6) is 0. The topological polar surface area (TPSA) is 24.9 Å². The number of rotatable bonds is 4. The molecule has 0 amide bonds. The first-order valence-electron chi connectivity index (χ1n) is 5.68. The highest BCUT2D eigenvalue weighted by Gasteiger charge is 2.20. The van der Waals surface area contributed by atoms with Crippen LogP contribution in [-0.4, -0.2) is 11.0 Å². The molecule has 96 valence electrons. The maximum Gasteiger partial charge on any atom is 0.114 e. The van der Waals surface area contributed by atoms with Crippen molar-refractivity contribution in [3.63, 3.8) is 0 Å². The first-order chi connectivity index (χ1) is 8.58. The number of hydrogen-bond acceptors (Lipinski definition) is 3. The van der Waals surface area contributed by atoms with Gasteiger partial charge in [0.1, 0.15) is 5.01 Å². The Kier molecular flexibility index (Phi) is 4.78. The molecule has 1 unspecified atom stereocenters. The fourth-order valence-corrected chi connectivity index (χ4v) is 3.06. The van der Waals surface area contributed by atoms with Crippen molar-refractivity contribution in [2.75, 3.05) is 0 Å². The van der Waals surface area contributed by atoms with Crippen LogP contribution in [0, 0.1) is 0 Å². The largest absolute Gasteiger partial charge is 0.302 e. The summed E-state index contributed by atoms with van der Waals surface area (Å²) in [6, 6.07) is 6.29. The maximum atomic E-state index is 6.31. The Bertz CT molecular complexity index is 514. The summed E-state index contributed by atoms with van der Waals surface area (Å²) in [5.41, 5.74) is 1.05. The molecule has 0 saturated heterocycles. The van der Waals surface area contributed by atoms with Crippen LogP contribution in [0.2, 0.25) is 5.02 Å². The predicted octanol–water partition coefficient (Wildman–Crippen LogP) is 4.65. The van der Waals surface area contributed by atoms with E-state index in [2.05, 4.69) is 40.1 Å². The van der Waals surface area contributed by atoms with Gasteiger partial charge in [0.2, 0.25) is 0 Å². The van der Waals surface area contributed by atoms with Crippen molar-refractivity contribution in [1.29, 1.82) is 0 Å². The van der Waals surface area contributed by atoms with E-state index in [0.717, 1.165) is 20.1 Å². The highest BCUT2D eigenvalue weighted by molar-refractivity contribution is 9.10. The van der Waals surface area contributed by atoms with Crippen LogP contribution in [-0.2, 0) is 0 Å². The van der Waals surface area contributed by atoms with E-state index in [1.165, 1.54) is 0 Å². The summed E-state index contributed by atoms with van der Waals surface area (Å²) in [4.78, 5) is 4.40. The molecule has 1 aromatic heterocycles. The maximum absolute atomic E-state index is 6.31. The van der Waals surface area contributed by atoms with Gasteiger partial charge in [-0.05, 0) is 37.6 Å². The summed E-state index contributed by atoms with van der Waals surface area (Å²) in [7, 11) is 0. The Balaban J connectivity index is 2.42. The van der Waals surface area contributed by atoms with Gasteiger partial charge in [-0.3, -0.25) is 0 Å². The number of benzene rings is 1. The number of aromatic nitrogens is 1. The molecule has 0 aliphatic carbocycles. The lowest BCUT2D eigenvalue weighted by molar-refractivity contribution is 0.527. The normalized spacial score (nSPS) is 12.9. The van der Waals surface area contributed by atoms with E-state index in [4.69, 9.17) is 11.6 Å². The molecule has 1 N–H and O–H groups in total. The van der Waals surface area contributed by atoms with Gasteiger partial charge in [-0.2, -0.15) is 0 Å². The van der Waals surface area contributed by atoms with Gasteiger partial charge < -0.3 is 5.32 Å². The van der Waals surface area contributed by atoms with Crippen LogP contribution in [0.3, 0.4) is 0 Å². The number of thiazole rings is 1. The molecular weight excluding hydrogens is 332 g/mol.